The van der Waals surface area contributed by atoms with E-state index in [0.29, 0.717) is 18.2 Å². The van der Waals surface area contributed by atoms with Crippen LogP contribution in [0.15, 0.2) is 37.2 Å². The lowest BCUT2D eigenvalue weighted by atomic mass is 9.96. The zero-order valence-electron chi connectivity index (χ0n) is 21.4. The highest BCUT2D eigenvalue weighted by Crippen LogP contribution is 2.26. The maximum Gasteiger partial charge on any atom is 0.270 e. The van der Waals surface area contributed by atoms with Crippen molar-refractivity contribution in [3.63, 3.8) is 0 Å². The maximum absolute atomic E-state index is 13.0. The molecule has 0 spiro atoms. The third-order valence-electron chi connectivity index (χ3n) is 6.55. The van der Waals surface area contributed by atoms with Gasteiger partial charge < -0.3 is 9.88 Å². The molecule has 1 aliphatic heterocycles. The van der Waals surface area contributed by atoms with Crippen molar-refractivity contribution in [1.82, 2.24) is 39.7 Å². The molecule has 1 atom stereocenters. The number of aromatic nitrogens is 6. The molecule has 1 N–H and O–H groups in total. The highest BCUT2D eigenvalue weighted by molar-refractivity contribution is 7.11. The Morgan fingerprint density at radius 1 is 1.11 bits per heavy atom. The predicted molar refractivity (Wildman–Crippen MR) is 140 cm³/mol. The van der Waals surface area contributed by atoms with E-state index in [1.165, 1.54) is 0 Å². The number of likely N-dealkylation sites (tertiary alicyclic amines) is 1. The summed E-state index contributed by atoms with van der Waals surface area (Å²) >= 11 is 1.59. The first-order valence-corrected chi connectivity index (χ1v) is 13.1. The van der Waals surface area contributed by atoms with E-state index in [2.05, 4.69) is 67.4 Å². The minimum atomic E-state index is -0.206. The molecular formula is C26H32N8OS. The number of carbonyl (C=O) groups is 1. The highest BCUT2D eigenvalue weighted by Gasteiger charge is 2.28. The minimum absolute atomic E-state index is 0.0764. The van der Waals surface area contributed by atoms with Gasteiger partial charge in [0.15, 0.2) is 0 Å². The first-order valence-electron chi connectivity index (χ1n) is 12.3. The number of carbonyl (C=O) groups excluding carboxylic acids is 1. The van der Waals surface area contributed by atoms with Gasteiger partial charge in [0.1, 0.15) is 17.0 Å². The van der Waals surface area contributed by atoms with Crippen LogP contribution in [-0.2, 0) is 11.8 Å². The van der Waals surface area contributed by atoms with Crippen LogP contribution in [0, 0.1) is 0 Å². The molecule has 5 rings (SSSR count). The number of imidazole rings is 1. The summed E-state index contributed by atoms with van der Waals surface area (Å²) in [5.41, 5.74) is 3.09. The molecule has 1 saturated heterocycles. The van der Waals surface area contributed by atoms with Crippen LogP contribution in [0.25, 0.3) is 11.0 Å². The van der Waals surface area contributed by atoms with Crippen LogP contribution < -0.4 is 5.32 Å². The Kier molecular flexibility index (Phi) is 6.57. The molecule has 9 nitrogen and oxygen atoms in total. The van der Waals surface area contributed by atoms with Crippen molar-refractivity contribution in [2.24, 2.45) is 0 Å². The van der Waals surface area contributed by atoms with Gasteiger partial charge in [-0.05, 0) is 25.1 Å². The van der Waals surface area contributed by atoms with Crippen molar-refractivity contribution in [1.29, 1.82) is 0 Å². The molecule has 10 heteroatoms. The van der Waals surface area contributed by atoms with E-state index in [1.807, 2.05) is 37.9 Å². The molecule has 0 bridgehead atoms. The van der Waals surface area contributed by atoms with Crippen LogP contribution in [0.4, 0.5) is 0 Å². The lowest BCUT2D eigenvalue weighted by Gasteiger charge is -2.39. The molecule has 188 valence electrons. The van der Waals surface area contributed by atoms with Gasteiger partial charge in [0.05, 0.1) is 35.1 Å². The summed E-state index contributed by atoms with van der Waals surface area (Å²) in [6, 6.07) is 2.05. The Morgan fingerprint density at radius 3 is 2.56 bits per heavy atom. The fourth-order valence-corrected chi connectivity index (χ4v) is 5.24. The fourth-order valence-electron chi connectivity index (χ4n) is 4.28. The van der Waals surface area contributed by atoms with Gasteiger partial charge in [0.25, 0.3) is 5.91 Å². The average molecular weight is 505 g/mol. The molecule has 4 aromatic rings. The Labute approximate surface area is 215 Å². The second-order valence-corrected chi connectivity index (χ2v) is 11.6. The standard InChI is InChI=1S/C26H32N8OS/c1-6-33-13-18(14-33)34-15-31-20-11-27-19(8-21(20)34)24(35)32-16(2)22-12-28-23(36-22)7-17-9-29-25(30-10-17)26(3,4)5/h8-12,15-16,18H,6-7,13-14H2,1-5H3,(H,32,35). The van der Waals surface area contributed by atoms with Crippen molar-refractivity contribution >= 4 is 28.3 Å². The largest absolute Gasteiger partial charge is 0.343 e. The molecule has 1 fully saturated rings. The Morgan fingerprint density at radius 2 is 1.86 bits per heavy atom. The molecular weight excluding hydrogens is 472 g/mol. The van der Waals surface area contributed by atoms with Gasteiger partial charge in [-0.2, -0.15) is 0 Å². The zero-order chi connectivity index (χ0) is 25.4. The summed E-state index contributed by atoms with van der Waals surface area (Å²) in [6.07, 6.45) is 9.77. The third kappa shape index (κ3) is 5.01. The molecule has 0 aliphatic carbocycles. The number of hydrogen-bond donors (Lipinski definition) is 1. The molecule has 0 radical (unpaired) electrons. The third-order valence-corrected chi connectivity index (χ3v) is 7.73. The highest BCUT2D eigenvalue weighted by atomic mass is 32.1. The van der Waals surface area contributed by atoms with Crippen molar-refractivity contribution in [2.45, 2.75) is 58.5 Å². The van der Waals surface area contributed by atoms with Crippen molar-refractivity contribution < 1.29 is 4.79 Å². The molecule has 36 heavy (non-hydrogen) atoms. The first kappa shape index (κ1) is 24.5. The summed E-state index contributed by atoms with van der Waals surface area (Å²) in [5.74, 6) is 0.620. The van der Waals surface area contributed by atoms with E-state index in [9.17, 15) is 4.79 Å². The number of hydrogen-bond acceptors (Lipinski definition) is 8. The summed E-state index contributed by atoms with van der Waals surface area (Å²) in [6.45, 7) is 13.5. The maximum atomic E-state index is 13.0. The van der Waals surface area contributed by atoms with Crippen LogP contribution in [-0.4, -0.2) is 59.9 Å². The van der Waals surface area contributed by atoms with E-state index in [1.54, 1.807) is 17.5 Å². The summed E-state index contributed by atoms with van der Waals surface area (Å²) < 4.78 is 2.16. The summed E-state index contributed by atoms with van der Waals surface area (Å²) in [7, 11) is 0. The Bertz CT molecular complexity index is 1360. The molecule has 1 unspecified atom stereocenters. The van der Waals surface area contributed by atoms with Crippen LogP contribution in [0.3, 0.4) is 0 Å². The predicted octanol–water partition coefficient (Wildman–Crippen LogP) is 3.93. The second-order valence-electron chi connectivity index (χ2n) is 10.4. The van der Waals surface area contributed by atoms with Gasteiger partial charge in [-0.15, -0.1) is 11.3 Å². The number of pyridine rings is 1. The Balaban J connectivity index is 1.24. The SMILES string of the molecule is CCN1CC(n2cnc3cnc(C(=O)NC(C)c4cnc(Cc5cnc(C(C)(C)C)nc5)s4)cc32)C1. The monoisotopic (exact) mass is 504 g/mol. The average Bonchev–Trinajstić information content (AvgIpc) is 3.45. The number of amides is 1. The van der Waals surface area contributed by atoms with Crippen molar-refractivity contribution in [3.8, 4) is 0 Å². The van der Waals surface area contributed by atoms with Crippen LogP contribution in [0.2, 0.25) is 0 Å². The zero-order valence-corrected chi connectivity index (χ0v) is 22.2. The number of likely N-dealkylation sites (N-methyl/N-ethyl adjacent to an activating group) is 1. The minimum Gasteiger partial charge on any atom is -0.343 e. The van der Waals surface area contributed by atoms with Gasteiger partial charge in [0.2, 0.25) is 0 Å². The topological polar surface area (TPSA) is 102 Å². The molecule has 1 amide bonds. The molecule has 4 aromatic heterocycles. The van der Waals surface area contributed by atoms with E-state index in [4.69, 9.17) is 0 Å². The smallest absolute Gasteiger partial charge is 0.270 e. The molecule has 1 aliphatic rings. The van der Waals surface area contributed by atoms with Gasteiger partial charge in [-0.25, -0.2) is 24.9 Å². The van der Waals surface area contributed by atoms with E-state index < -0.39 is 0 Å². The molecule has 0 saturated carbocycles. The summed E-state index contributed by atoms with van der Waals surface area (Å²) in [4.78, 5) is 38.8. The van der Waals surface area contributed by atoms with E-state index in [-0.39, 0.29) is 17.4 Å². The Hall–Kier alpha value is -3.24. The number of fused-ring (bicyclic) bond motifs is 1. The fraction of sp³-hybridized carbons (Fsp3) is 0.462. The molecule has 5 heterocycles. The lowest BCUT2D eigenvalue weighted by Crippen LogP contribution is -2.47. The van der Waals surface area contributed by atoms with Crippen LogP contribution >= 0.6 is 11.3 Å². The van der Waals surface area contributed by atoms with Crippen molar-refractivity contribution in [2.75, 3.05) is 19.6 Å². The van der Waals surface area contributed by atoms with Gasteiger partial charge >= 0.3 is 0 Å². The van der Waals surface area contributed by atoms with Crippen LogP contribution in [0.5, 0.6) is 0 Å². The second kappa shape index (κ2) is 9.67. The number of thiazole rings is 1. The van der Waals surface area contributed by atoms with Gasteiger partial charge in [-0.1, -0.05) is 27.7 Å². The van der Waals surface area contributed by atoms with E-state index in [0.717, 1.165) is 51.9 Å². The van der Waals surface area contributed by atoms with Gasteiger partial charge in [-0.3, -0.25) is 9.69 Å². The number of nitrogens with zero attached hydrogens (tertiary/aromatic N) is 7. The van der Waals surface area contributed by atoms with Crippen LogP contribution in [0.1, 0.15) is 78.5 Å². The van der Waals surface area contributed by atoms with Crippen molar-refractivity contribution in [3.05, 3.63) is 64.1 Å². The van der Waals surface area contributed by atoms with Gasteiger partial charge in [0, 0.05) is 48.4 Å². The quantitative estimate of drug-likeness (QED) is 0.407. The molecule has 0 aromatic carbocycles. The summed E-state index contributed by atoms with van der Waals surface area (Å²) in [5, 5.41) is 4.03. The normalized spacial score (nSPS) is 15.7. The lowest BCUT2D eigenvalue weighted by molar-refractivity contribution is 0.0935. The van der Waals surface area contributed by atoms with E-state index >= 15 is 0 Å². The number of rotatable bonds is 7. The number of nitrogens with one attached hydrogen (secondary N) is 1. The first-order chi connectivity index (χ1) is 17.2.